The highest BCUT2D eigenvalue weighted by Crippen LogP contribution is 2.20. The van der Waals surface area contributed by atoms with Gasteiger partial charge in [0.25, 0.3) is 0 Å². The molecule has 0 radical (unpaired) electrons. The average molecular weight is 339 g/mol. The van der Waals surface area contributed by atoms with Crippen molar-refractivity contribution in [3.63, 3.8) is 0 Å². The van der Waals surface area contributed by atoms with Gasteiger partial charge in [-0.25, -0.2) is 4.98 Å². The monoisotopic (exact) mass is 339 g/mol. The molecule has 1 aliphatic heterocycles. The predicted molar refractivity (Wildman–Crippen MR) is 98.9 cm³/mol. The van der Waals surface area contributed by atoms with Crippen molar-refractivity contribution in [2.75, 3.05) is 24.6 Å². The van der Waals surface area contributed by atoms with E-state index < -0.39 is 0 Å². The first kappa shape index (κ1) is 17.3. The molecule has 1 N–H and O–H groups in total. The second-order valence-corrected chi connectivity index (χ2v) is 6.23. The van der Waals surface area contributed by atoms with Crippen molar-refractivity contribution in [3.8, 4) is 5.75 Å². The van der Waals surface area contributed by atoms with E-state index >= 15 is 0 Å². The fourth-order valence-electron chi connectivity index (χ4n) is 3.18. The molecule has 0 bridgehead atoms. The summed E-state index contributed by atoms with van der Waals surface area (Å²) in [4.78, 5) is 18.9. The van der Waals surface area contributed by atoms with Crippen LogP contribution < -0.4 is 15.0 Å². The quantitative estimate of drug-likeness (QED) is 0.843. The lowest BCUT2D eigenvalue weighted by Crippen LogP contribution is -2.37. The SMILES string of the molecule is CCOc1ccccc1CCC(=O)N[C@@H]1CCN(c2ccccn2)C1. The third-order valence-corrected chi connectivity index (χ3v) is 4.42. The Morgan fingerprint density at radius 2 is 2.12 bits per heavy atom. The number of para-hydroxylation sites is 1. The summed E-state index contributed by atoms with van der Waals surface area (Å²) in [6.07, 6.45) is 3.93. The molecule has 0 unspecified atom stereocenters. The Kier molecular flexibility index (Phi) is 5.88. The highest BCUT2D eigenvalue weighted by Gasteiger charge is 2.24. The third kappa shape index (κ3) is 4.72. The summed E-state index contributed by atoms with van der Waals surface area (Å²) in [6.45, 7) is 4.35. The van der Waals surface area contributed by atoms with Crippen molar-refractivity contribution in [3.05, 3.63) is 54.2 Å². The molecule has 1 amide bonds. The number of rotatable bonds is 7. The van der Waals surface area contributed by atoms with Crippen LogP contribution in [0.4, 0.5) is 5.82 Å². The minimum Gasteiger partial charge on any atom is -0.494 e. The Morgan fingerprint density at radius 3 is 2.92 bits per heavy atom. The summed E-state index contributed by atoms with van der Waals surface area (Å²) in [7, 11) is 0. The van der Waals surface area contributed by atoms with Crippen molar-refractivity contribution in [1.82, 2.24) is 10.3 Å². The molecule has 0 saturated carbocycles. The molecule has 25 heavy (non-hydrogen) atoms. The van der Waals surface area contributed by atoms with Gasteiger partial charge in [-0.3, -0.25) is 4.79 Å². The fraction of sp³-hybridized carbons (Fsp3) is 0.400. The van der Waals surface area contributed by atoms with Gasteiger partial charge in [0.15, 0.2) is 0 Å². The summed E-state index contributed by atoms with van der Waals surface area (Å²) < 4.78 is 5.62. The van der Waals surface area contributed by atoms with Crippen LogP contribution >= 0.6 is 0 Å². The van der Waals surface area contributed by atoms with E-state index in [1.807, 2.05) is 49.4 Å². The molecule has 1 atom stereocenters. The van der Waals surface area contributed by atoms with Crippen LogP contribution in [0.1, 0.15) is 25.3 Å². The second-order valence-electron chi connectivity index (χ2n) is 6.23. The number of hydrogen-bond acceptors (Lipinski definition) is 4. The van der Waals surface area contributed by atoms with E-state index in [1.54, 1.807) is 6.20 Å². The molecule has 3 rings (SSSR count). The smallest absolute Gasteiger partial charge is 0.220 e. The fourth-order valence-corrected chi connectivity index (χ4v) is 3.18. The highest BCUT2D eigenvalue weighted by atomic mass is 16.5. The summed E-state index contributed by atoms with van der Waals surface area (Å²) in [5.74, 6) is 1.95. The number of ether oxygens (including phenoxy) is 1. The van der Waals surface area contributed by atoms with Crippen molar-refractivity contribution < 1.29 is 9.53 Å². The normalized spacial score (nSPS) is 16.7. The van der Waals surface area contributed by atoms with Gasteiger partial charge < -0.3 is 15.0 Å². The number of pyridine rings is 1. The van der Waals surface area contributed by atoms with Gasteiger partial charge in [0.05, 0.1) is 6.61 Å². The third-order valence-electron chi connectivity index (χ3n) is 4.42. The zero-order chi connectivity index (χ0) is 17.5. The average Bonchev–Trinajstić information content (AvgIpc) is 3.10. The summed E-state index contributed by atoms with van der Waals surface area (Å²) >= 11 is 0. The second kappa shape index (κ2) is 8.51. The molecule has 0 spiro atoms. The van der Waals surface area contributed by atoms with E-state index in [2.05, 4.69) is 15.2 Å². The van der Waals surface area contributed by atoms with Crippen molar-refractivity contribution >= 4 is 11.7 Å². The lowest BCUT2D eigenvalue weighted by molar-refractivity contribution is -0.121. The molecule has 1 aromatic heterocycles. The van der Waals surface area contributed by atoms with E-state index in [-0.39, 0.29) is 11.9 Å². The van der Waals surface area contributed by atoms with Crippen LogP contribution in [0.15, 0.2) is 48.7 Å². The van der Waals surface area contributed by atoms with Gasteiger partial charge in [-0.15, -0.1) is 0 Å². The molecule has 2 heterocycles. The molecule has 5 heteroatoms. The Morgan fingerprint density at radius 1 is 1.28 bits per heavy atom. The van der Waals surface area contributed by atoms with Crippen molar-refractivity contribution in [2.45, 2.75) is 32.2 Å². The molecule has 132 valence electrons. The molecule has 1 aromatic carbocycles. The number of anilines is 1. The summed E-state index contributed by atoms with van der Waals surface area (Å²) in [6, 6.07) is 14.0. The number of amides is 1. The van der Waals surface area contributed by atoms with Gasteiger partial charge in [-0.05, 0) is 43.5 Å². The Balaban J connectivity index is 1.47. The van der Waals surface area contributed by atoms with Crippen molar-refractivity contribution in [1.29, 1.82) is 0 Å². The topological polar surface area (TPSA) is 54.5 Å². The van der Waals surface area contributed by atoms with Gasteiger partial charge in [-0.1, -0.05) is 24.3 Å². The standard InChI is InChI=1S/C20H25N3O2/c1-2-25-18-8-4-3-7-16(18)10-11-20(24)22-17-12-14-23(15-17)19-9-5-6-13-21-19/h3-9,13,17H,2,10-12,14-15H2,1H3,(H,22,24)/t17-/m1/s1. The number of aromatic nitrogens is 1. The Bertz CT molecular complexity index is 690. The summed E-state index contributed by atoms with van der Waals surface area (Å²) in [5.41, 5.74) is 1.08. The maximum absolute atomic E-state index is 12.3. The minimum atomic E-state index is 0.0965. The largest absolute Gasteiger partial charge is 0.494 e. The number of nitrogens with zero attached hydrogens (tertiary/aromatic N) is 2. The van der Waals surface area contributed by atoms with Crippen LogP contribution in [0.5, 0.6) is 5.75 Å². The maximum atomic E-state index is 12.3. The number of carbonyl (C=O) groups is 1. The number of benzene rings is 1. The van der Waals surface area contributed by atoms with E-state index in [4.69, 9.17) is 4.74 Å². The minimum absolute atomic E-state index is 0.0965. The molecule has 5 nitrogen and oxygen atoms in total. The van der Waals surface area contributed by atoms with Crippen LogP contribution in [0, 0.1) is 0 Å². The zero-order valence-electron chi connectivity index (χ0n) is 14.6. The Hall–Kier alpha value is -2.56. The maximum Gasteiger partial charge on any atom is 0.220 e. The zero-order valence-corrected chi connectivity index (χ0v) is 14.6. The molecule has 1 fully saturated rings. The van der Waals surface area contributed by atoms with E-state index in [9.17, 15) is 4.79 Å². The van der Waals surface area contributed by atoms with Gasteiger partial charge in [0, 0.05) is 31.7 Å². The van der Waals surface area contributed by atoms with Crippen LogP contribution in [0.2, 0.25) is 0 Å². The predicted octanol–water partition coefficient (Wildman–Crippen LogP) is 2.81. The van der Waals surface area contributed by atoms with Crippen molar-refractivity contribution in [2.24, 2.45) is 0 Å². The highest BCUT2D eigenvalue weighted by molar-refractivity contribution is 5.76. The first-order valence-electron chi connectivity index (χ1n) is 8.92. The molecular formula is C20H25N3O2. The summed E-state index contributed by atoms with van der Waals surface area (Å²) in [5, 5.41) is 3.15. The first-order chi connectivity index (χ1) is 12.3. The van der Waals surface area contributed by atoms with E-state index in [1.165, 1.54) is 0 Å². The number of nitrogens with one attached hydrogen (secondary N) is 1. The van der Waals surface area contributed by atoms with E-state index in [0.717, 1.165) is 36.6 Å². The molecule has 0 aliphatic carbocycles. The Labute approximate surface area is 149 Å². The number of hydrogen-bond donors (Lipinski definition) is 1. The van der Waals surface area contributed by atoms with Gasteiger partial charge in [0.2, 0.25) is 5.91 Å². The van der Waals surface area contributed by atoms with E-state index in [0.29, 0.717) is 19.4 Å². The number of carbonyl (C=O) groups excluding carboxylic acids is 1. The van der Waals surface area contributed by atoms with Crippen LogP contribution in [0.3, 0.4) is 0 Å². The molecule has 2 aromatic rings. The van der Waals surface area contributed by atoms with Gasteiger partial charge in [0.1, 0.15) is 11.6 Å². The molecule has 1 aliphatic rings. The van der Waals surface area contributed by atoms with Crippen LogP contribution in [-0.2, 0) is 11.2 Å². The lowest BCUT2D eigenvalue weighted by Gasteiger charge is -2.17. The molecule has 1 saturated heterocycles. The van der Waals surface area contributed by atoms with Crippen LogP contribution in [-0.4, -0.2) is 36.6 Å². The van der Waals surface area contributed by atoms with Crippen LogP contribution in [0.25, 0.3) is 0 Å². The van der Waals surface area contributed by atoms with Gasteiger partial charge >= 0.3 is 0 Å². The number of aryl methyl sites for hydroxylation is 1. The lowest BCUT2D eigenvalue weighted by atomic mass is 10.1. The molecular weight excluding hydrogens is 314 g/mol. The first-order valence-corrected chi connectivity index (χ1v) is 8.92. The van der Waals surface area contributed by atoms with Gasteiger partial charge in [-0.2, -0.15) is 0 Å².